The van der Waals surface area contributed by atoms with Gasteiger partial charge in [-0.05, 0) is 30.9 Å². The molecular formula is C15H21ClN2O2. The van der Waals surface area contributed by atoms with Gasteiger partial charge >= 0.3 is 0 Å². The quantitative estimate of drug-likeness (QED) is 0.927. The maximum atomic E-state index is 12.3. The van der Waals surface area contributed by atoms with Gasteiger partial charge in [-0.1, -0.05) is 30.7 Å². The van der Waals surface area contributed by atoms with Crippen LogP contribution in [0.25, 0.3) is 0 Å². The Morgan fingerprint density at radius 1 is 1.50 bits per heavy atom. The predicted octanol–water partition coefficient (Wildman–Crippen LogP) is 2.30. The zero-order chi connectivity index (χ0) is 14.5. The second-order valence-electron chi connectivity index (χ2n) is 5.33. The number of nitrogens with zero attached hydrogens (tertiary/aromatic N) is 1. The van der Waals surface area contributed by atoms with Crippen LogP contribution in [0.2, 0.25) is 5.02 Å². The Morgan fingerprint density at radius 3 is 2.95 bits per heavy atom. The van der Waals surface area contributed by atoms with E-state index in [9.17, 15) is 4.79 Å². The summed E-state index contributed by atoms with van der Waals surface area (Å²) in [5.74, 6) is 1.14. The van der Waals surface area contributed by atoms with Crippen molar-refractivity contribution in [2.75, 3.05) is 19.7 Å². The van der Waals surface area contributed by atoms with Crippen molar-refractivity contribution >= 4 is 17.5 Å². The second kappa shape index (κ2) is 6.95. The molecule has 2 unspecified atom stereocenters. The third-order valence-electron chi connectivity index (χ3n) is 3.76. The van der Waals surface area contributed by atoms with Gasteiger partial charge in [-0.15, -0.1) is 0 Å². The number of ether oxygens (including phenoxy) is 1. The maximum absolute atomic E-state index is 12.3. The zero-order valence-corrected chi connectivity index (χ0v) is 12.5. The highest BCUT2D eigenvalue weighted by atomic mass is 35.5. The minimum absolute atomic E-state index is 0.00855. The molecule has 1 saturated heterocycles. The lowest BCUT2D eigenvalue weighted by Crippen LogP contribution is -2.50. The molecule has 0 aromatic heterocycles. The van der Waals surface area contributed by atoms with Gasteiger partial charge in [-0.2, -0.15) is 0 Å². The molecule has 2 atom stereocenters. The number of benzene rings is 1. The number of carbonyl (C=O) groups is 1. The number of halogens is 1. The summed E-state index contributed by atoms with van der Waals surface area (Å²) in [7, 11) is 0. The first kappa shape index (κ1) is 15.1. The number of likely N-dealkylation sites (tertiary alicyclic amines) is 1. The van der Waals surface area contributed by atoms with Gasteiger partial charge in [0.05, 0.1) is 5.02 Å². The fraction of sp³-hybridized carbons (Fsp3) is 0.533. The standard InChI is InChI=1S/C15H21ClN2O2/c1-11-6-7-18(12(8-11)9-17)15(19)10-20-14-5-3-2-4-13(14)16/h2-5,11-12H,6-10,17H2,1H3. The van der Waals surface area contributed by atoms with Gasteiger partial charge in [0.2, 0.25) is 0 Å². The van der Waals surface area contributed by atoms with Gasteiger partial charge in [-0.3, -0.25) is 4.79 Å². The number of hydrogen-bond acceptors (Lipinski definition) is 3. The molecule has 1 aliphatic heterocycles. The van der Waals surface area contributed by atoms with Crippen molar-refractivity contribution in [1.29, 1.82) is 0 Å². The first-order valence-electron chi connectivity index (χ1n) is 6.98. The minimum atomic E-state index is -0.0210. The van der Waals surface area contributed by atoms with Crippen molar-refractivity contribution in [3.8, 4) is 5.75 Å². The van der Waals surface area contributed by atoms with Gasteiger partial charge in [-0.25, -0.2) is 0 Å². The van der Waals surface area contributed by atoms with Crippen LogP contribution in [0.4, 0.5) is 0 Å². The Morgan fingerprint density at radius 2 is 2.25 bits per heavy atom. The van der Waals surface area contributed by atoms with E-state index in [1.807, 2.05) is 17.0 Å². The van der Waals surface area contributed by atoms with Crippen LogP contribution in [-0.2, 0) is 4.79 Å². The summed E-state index contributed by atoms with van der Waals surface area (Å²) < 4.78 is 5.51. The third kappa shape index (κ3) is 3.64. The Hall–Kier alpha value is -1.26. The lowest BCUT2D eigenvalue weighted by Gasteiger charge is -2.37. The topological polar surface area (TPSA) is 55.6 Å². The summed E-state index contributed by atoms with van der Waals surface area (Å²) in [4.78, 5) is 14.1. The summed E-state index contributed by atoms with van der Waals surface area (Å²) in [6.45, 7) is 3.47. The summed E-state index contributed by atoms with van der Waals surface area (Å²) in [6.07, 6.45) is 1.99. The number of rotatable bonds is 4. The highest BCUT2D eigenvalue weighted by Crippen LogP contribution is 2.24. The summed E-state index contributed by atoms with van der Waals surface area (Å²) in [6, 6.07) is 7.28. The average Bonchev–Trinajstić information content (AvgIpc) is 2.46. The highest BCUT2D eigenvalue weighted by molar-refractivity contribution is 6.32. The molecule has 1 amide bonds. The summed E-state index contributed by atoms with van der Waals surface area (Å²) >= 11 is 6.00. The molecule has 1 heterocycles. The van der Waals surface area contributed by atoms with Crippen molar-refractivity contribution in [2.45, 2.75) is 25.8 Å². The maximum Gasteiger partial charge on any atom is 0.260 e. The van der Waals surface area contributed by atoms with E-state index in [0.29, 0.717) is 23.2 Å². The van der Waals surface area contributed by atoms with E-state index in [-0.39, 0.29) is 18.6 Å². The van der Waals surface area contributed by atoms with Crippen molar-refractivity contribution in [3.63, 3.8) is 0 Å². The summed E-state index contributed by atoms with van der Waals surface area (Å²) in [5.41, 5.74) is 5.77. The molecule has 1 aliphatic rings. The molecule has 0 spiro atoms. The molecule has 2 N–H and O–H groups in total. The number of hydrogen-bond donors (Lipinski definition) is 1. The molecule has 0 saturated carbocycles. The molecule has 0 radical (unpaired) electrons. The normalized spacial score (nSPS) is 22.6. The van der Waals surface area contributed by atoms with Crippen LogP contribution in [-0.4, -0.2) is 36.5 Å². The first-order valence-corrected chi connectivity index (χ1v) is 7.36. The number of amides is 1. The SMILES string of the molecule is CC1CCN(C(=O)COc2ccccc2Cl)C(CN)C1. The molecule has 20 heavy (non-hydrogen) atoms. The number of piperidine rings is 1. The molecule has 1 aromatic carbocycles. The Balaban J connectivity index is 1.93. The average molecular weight is 297 g/mol. The summed E-state index contributed by atoms with van der Waals surface area (Å²) in [5, 5.41) is 0.517. The van der Waals surface area contributed by atoms with Crippen LogP contribution in [0.5, 0.6) is 5.75 Å². The molecule has 1 fully saturated rings. The van der Waals surface area contributed by atoms with Crippen molar-refractivity contribution < 1.29 is 9.53 Å². The van der Waals surface area contributed by atoms with Gasteiger partial charge in [0.15, 0.2) is 6.61 Å². The molecule has 110 valence electrons. The molecule has 2 rings (SSSR count). The Labute approximate surface area is 124 Å². The van der Waals surface area contributed by atoms with Crippen LogP contribution in [0.3, 0.4) is 0 Å². The molecule has 4 nitrogen and oxygen atoms in total. The van der Waals surface area contributed by atoms with Crippen molar-refractivity contribution in [3.05, 3.63) is 29.3 Å². The molecule has 0 bridgehead atoms. The smallest absolute Gasteiger partial charge is 0.260 e. The first-order chi connectivity index (χ1) is 9.61. The predicted molar refractivity (Wildman–Crippen MR) is 79.9 cm³/mol. The van der Waals surface area contributed by atoms with Crippen LogP contribution in [0.15, 0.2) is 24.3 Å². The van der Waals surface area contributed by atoms with E-state index < -0.39 is 0 Å². The van der Waals surface area contributed by atoms with Crippen molar-refractivity contribution in [1.82, 2.24) is 4.90 Å². The Bertz CT molecular complexity index is 467. The van der Waals surface area contributed by atoms with E-state index in [0.717, 1.165) is 19.4 Å². The molecule has 1 aromatic rings. The molecule has 5 heteroatoms. The Kier molecular flexibility index (Phi) is 5.26. The fourth-order valence-corrected chi connectivity index (χ4v) is 2.78. The molecule has 0 aliphatic carbocycles. The van der Waals surface area contributed by atoms with Gasteiger partial charge < -0.3 is 15.4 Å². The fourth-order valence-electron chi connectivity index (χ4n) is 2.59. The lowest BCUT2D eigenvalue weighted by molar-refractivity contribution is -0.137. The van der Waals surface area contributed by atoms with Gasteiger partial charge in [0.1, 0.15) is 5.75 Å². The van der Waals surface area contributed by atoms with E-state index in [4.69, 9.17) is 22.1 Å². The van der Waals surface area contributed by atoms with Crippen LogP contribution >= 0.6 is 11.6 Å². The second-order valence-corrected chi connectivity index (χ2v) is 5.73. The highest BCUT2D eigenvalue weighted by Gasteiger charge is 2.29. The van der Waals surface area contributed by atoms with Gasteiger partial charge in [0, 0.05) is 19.1 Å². The number of para-hydroxylation sites is 1. The number of nitrogens with two attached hydrogens (primary N) is 1. The minimum Gasteiger partial charge on any atom is -0.482 e. The third-order valence-corrected chi connectivity index (χ3v) is 4.07. The van der Waals surface area contributed by atoms with Gasteiger partial charge in [0.25, 0.3) is 5.91 Å². The van der Waals surface area contributed by atoms with Crippen LogP contribution in [0, 0.1) is 5.92 Å². The van der Waals surface area contributed by atoms with Crippen LogP contribution < -0.4 is 10.5 Å². The van der Waals surface area contributed by atoms with E-state index in [1.165, 1.54) is 0 Å². The van der Waals surface area contributed by atoms with Crippen molar-refractivity contribution in [2.24, 2.45) is 11.7 Å². The largest absolute Gasteiger partial charge is 0.482 e. The lowest BCUT2D eigenvalue weighted by atomic mass is 9.92. The van der Waals surface area contributed by atoms with Crippen LogP contribution in [0.1, 0.15) is 19.8 Å². The molecular weight excluding hydrogens is 276 g/mol. The number of carbonyl (C=O) groups excluding carboxylic acids is 1. The van der Waals surface area contributed by atoms with E-state index in [1.54, 1.807) is 12.1 Å². The van der Waals surface area contributed by atoms with E-state index in [2.05, 4.69) is 6.92 Å². The zero-order valence-electron chi connectivity index (χ0n) is 11.7. The van der Waals surface area contributed by atoms with E-state index >= 15 is 0 Å². The monoisotopic (exact) mass is 296 g/mol.